The Bertz CT molecular complexity index is 775. The van der Waals surface area contributed by atoms with Crippen molar-refractivity contribution >= 4 is 38.2 Å². The third-order valence-electron chi connectivity index (χ3n) is 3.04. The lowest BCUT2D eigenvalue weighted by Crippen LogP contribution is -2.30. The molecule has 0 aliphatic heterocycles. The quantitative estimate of drug-likeness (QED) is 0.912. The minimum Gasteiger partial charge on any atom is -0.350 e. The maximum Gasteiger partial charge on any atom is 0.269 e. The lowest BCUT2D eigenvalue weighted by atomic mass is 10.2. The highest BCUT2D eigenvalue weighted by atomic mass is 35.5. The van der Waals surface area contributed by atoms with E-state index in [0.29, 0.717) is 10.5 Å². The summed E-state index contributed by atoms with van der Waals surface area (Å²) in [5, 5.41) is 3.75. The molecule has 1 aromatic carbocycles. The van der Waals surface area contributed by atoms with Gasteiger partial charge >= 0.3 is 0 Å². The van der Waals surface area contributed by atoms with E-state index in [0.717, 1.165) is 5.39 Å². The molecule has 2 aromatic rings. The summed E-state index contributed by atoms with van der Waals surface area (Å²) in [6.45, 7) is 1.63. The van der Waals surface area contributed by atoms with Crippen LogP contribution in [0.5, 0.6) is 0 Å². The van der Waals surface area contributed by atoms with Crippen molar-refractivity contribution in [3.8, 4) is 0 Å². The van der Waals surface area contributed by atoms with Crippen LogP contribution in [-0.2, 0) is 9.84 Å². The fourth-order valence-electron chi connectivity index (χ4n) is 1.80. The van der Waals surface area contributed by atoms with Crippen LogP contribution in [0.3, 0.4) is 0 Å². The first-order chi connectivity index (χ1) is 9.93. The number of hydrogen-bond donors (Lipinski definition) is 1. The predicted molar refractivity (Wildman–Crippen MR) is 83.4 cm³/mol. The number of carbonyl (C=O) groups is 1. The van der Waals surface area contributed by atoms with E-state index in [1.165, 1.54) is 6.07 Å². The SMILES string of the molecule is CCS(=O)(=O)CCNC(=O)c1cc(Cl)c2ccccc2n1. The first-order valence-corrected chi connectivity index (χ1v) is 8.67. The van der Waals surface area contributed by atoms with Crippen LogP contribution in [0.15, 0.2) is 30.3 Å². The highest BCUT2D eigenvalue weighted by molar-refractivity contribution is 7.91. The van der Waals surface area contributed by atoms with Crippen LogP contribution < -0.4 is 5.32 Å². The Balaban J connectivity index is 2.13. The zero-order valence-electron chi connectivity index (χ0n) is 11.5. The van der Waals surface area contributed by atoms with Gasteiger partial charge in [0.25, 0.3) is 5.91 Å². The minimum absolute atomic E-state index is 0.0567. The molecule has 5 nitrogen and oxygen atoms in total. The molecule has 0 spiro atoms. The molecule has 0 aliphatic carbocycles. The van der Waals surface area contributed by atoms with Crippen molar-refractivity contribution in [1.82, 2.24) is 10.3 Å². The fourth-order valence-corrected chi connectivity index (χ4v) is 2.77. The minimum atomic E-state index is -3.10. The second-order valence-corrected chi connectivity index (χ2v) is 7.38. The number of halogens is 1. The molecule has 0 fully saturated rings. The van der Waals surface area contributed by atoms with Gasteiger partial charge in [-0.05, 0) is 12.1 Å². The standard InChI is InChI=1S/C14H15ClN2O3S/c1-2-21(19,20)8-7-16-14(18)13-9-11(15)10-5-3-4-6-12(10)17-13/h3-6,9H,2,7-8H2,1H3,(H,16,18). The Morgan fingerprint density at radius 1 is 1.33 bits per heavy atom. The van der Waals surface area contributed by atoms with Gasteiger partial charge in [0.2, 0.25) is 0 Å². The zero-order valence-corrected chi connectivity index (χ0v) is 13.0. The van der Waals surface area contributed by atoms with Gasteiger partial charge in [-0.3, -0.25) is 4.79 Å². The van der Waals surface area contributed by atoms with Gasteiger partial charge in [-0.2, -0.15) is 0 Å². The second-order valence-electron chi connectivity index (χ2n) is 4.50. The second kappa shape index (κ2) is 6.41. The van der Waals surface area contributed by atoms with Crippen molar-refractivity contribution in [3.63, 3.8) is 0 Å². The third-order valence-corrected chi connectivity index (χ3v) is 5.06. The smallest absolute Gasteiger partial charge is 0.269 e. The lowest BCUT2D eigenvalue weighted by molar-refractivity contribution is 0.0951. The summed E-state index contributed by atoms with van der Waals surface area (Å²) in [6, 6.07) is 8.71. The largest absolute Gasteiger partial charge is 0.350 e. The summed E-state index contributed by atoms with van der Waals surface area (Å²) in [4.78, 5) is 16.2. The van der Waals surface area contributed by atoms with E-state index in [2.05, 4.69) is 10.3 Å². The molecule has 0 bridgehead atoms. The molecule has 0 atom stereocenters. The van der Waals surface area contributed by atoms with Gasteiger partial charge in [0.1, 0.15) is 5.69 Å². The first-order valence-electron chi connectivity index (χ1n) is 6.47. The van der Waals surface area contributed by atoms with E-state index in [1.807, 2.05) is 12.1 Å². The maximum absolute atomic E-state index is 12.0. The summed E-state index contributed by atoms with van der Waals surface area (Å²) in [6.07, 6.45) is 0. The fraction of sp³-hybridized carbons (Fsp3) is 0.286. The van der Waals surface area contributed by atoms with E-state index in [1.54, 1.807) is 19.1 Å². The highest BCUT2D eigenvalue weighted by Gasteiger charge is 2.12. The van der Waals surface area contributed by atoms with Gasteiger partial charge in [-0.25, -0.2) is 13.4 Å². The number of rotatable bonds is 5. The number of nitrogens with zero attached hydrogens (tertiary/aromatic N) is 1. The number of sulfone groups is 1. The van der Waals surface area contributed by atoms with E-state index < -0.39 is 15.7 Å². The molecule has 1 amide bonds. The van der Waals surface area contributed by atoms with Gasteiger partial charge < -0.3 is 5.32 Å². The van der Waals surface area contributed by atoms with Crippen molar-refractivity contribution < 1.29 is 13.2 Å². The van der Waals surface area contributed by atoms with Gasteiger partial charge in [0, 0.05) is 17.7 Å². The van der Waals surface area contributed by atoms with E-state index in [9.17, 15) is 13.2 Å². The Morgan fingerprint density at radius 3 is 2.76 bits per heavy atom. The Kier molecular flexibility index (Phi) is 4.80. The topological polar surface area (TPSA) is 76.1 Å². The zero-order chi connectivity index (χ0) is 15.5. The lowest BCUT2D eigenvalue weighted by Gasteiger charge is -2.07. The number of benzene rings is 1. The summed E-state index contributed by atoms with van der Waals surface area (Å²) in [5.74, 6) is -0.464. The van der Waals surface area contributed by atoms with Crippen LogP contribution in [0, 0.1) is 0 Å². The molecule has 0 saturated heterocycles. The molecule has 7 heteroatoms. The molecule has 2 rings (SSSR count). The Morgan fingerprint density at radius 2 is 2.05 bits per heavy atom. The van der Waals surface area contributed by atoms with Crippen LogP contribution in [0.1, 0.15) is 17.4 Å². The number of para-hydroxylation sites is 1. The summed E-state index contributed by atoms with van der Waals surface area (Å²) in [7, 11) is -3.10. The maximum atomic E-state index is 12.0. The average molecular weight is 327 g/mol. The summed E-state index contributed by atoms with van der Waals surface area (Å²) < 4.78 is 22.7. The summed E-state index contributed by atoms with van der Waals surface area (Å²) in [5.41, 5.74) is 0.795. The van der Waals surface area contributed by atoms with Crippen molar-refractivity contribution in [2.45, 2.75) is 6.92 Å². The normalized spacial score (nSPS) is 11.5. The molecule has 0 unspecified atom stereocenters. The van der Waals surface area contributed by atoms with Crippen LogP contribution in [-0.4, -0.2) is 37.4 Å². The molecule has 0 saturated carbocycles. The number of hydrogen-bond acceptors (Lipinski definition) is 4. The number of carbonyl (C=O) groups excluding carboxylic acids is 1. The third kappa shape index (κ3) is 3.92. The molecule has 1 N–H and O–H groups in total. The molecular formula is C14H15ClN2O3S. The molecule has 1 aromatic heterocycles. The van der Waals surface area contributed by atoms with E-state index in [4.69, 9.17) is 11.6 Å². The van der Waals surface area contributed by atoms with Gasteiger partial charge in [0.05, 0.1) is 16.3 Å². The van der Waals surface area contributed by atoms with Gasteiger partial charge in [-0.15, -0.1) is 0 Å². The Hall–Kier alpha value is -1.66. The molecular weight excluding hydrogens is 312 g/mol. The Labute approximate surface area is 128 Å². The van der Waals surface area contributed by atoms with Crippen LogP contribution in [0.4, 0.5) is 0 Å². The number of aromatic nitrogens is 1. The summed E-state index contributed by atoms with van der Waals surface area (Å²) >= 11 is 6.12. The van der Waals surface area contributed by atoms with Gasteiger partial charge in [-0.1, -0.05) is 36.7 Å². The van der Waals surface area contributed by atoms with Crippen molar-refractivity contribution in [2.75, 3.05) is 18.1 Å². The van der Waals surface area contributed by atoms with Crippen LogP contribution in [0.2, 0.25) is 5.02 Å². The highest BCUT2D eigenvalue weighted by Crippen LogP contribution is 2.22. The van der Waals surface area contributed by atoms with Crippen molar-refractivity contribution in [1.29, 1.82) is 0 Å². The molecule has 0 aliphatic rings. The monoisotopic (exact) mass is 326 g/mol. The predicted octanol–water partition coefficient (Wildman–Crippen LogP) is 2.05. The molecule has 0 radical (unpaired) electrons. The van der Waals surface area contributed by atoms with Crippen LogP contribution in [0.25, 0.3) is 10.9 Å². The molecule has 112 valence electrons. The number of pyridine rings is 1. The number of nitrogens with one attached hydrogen (secondary N) is 1. The van der Waals surface area contributed by atoms with Crippen molar-refractivity contribution in [3.05, 3.63) is 41.0 Å². The average Bonchev–Trinajstić information content (AvgIpc) is 2.47. The molecule has 21 heavy (non-hydrogen) atoms. The number of amides is 1. The first kappa shape index (κ1) is 15.7. The van der Waals surface area contributed by atoms with Crippen LogP contribution >= 0.6 is 11.6 Å². The van der Waals surface area contributed by atoms with Crippen molar-refractivity contribution in [2.24, 2.45) is 0 Å². The van der Waals surface area contributed by atoms with E-state index >= 15 is 0 Å². The van der Waals surface area contributed by atoms with E-state index in [-0.39, 0.29) is 23.7 Å². The number of fused-ring (bicyclic) bond motifs is 1. The molecule has 1 heterocycles. The van der Waals surface area contributed by atoms with Gasteiger partial charge in [0.15, 0.2) is 9.84 Å².